The quantitative estimate of drug-likeness (QED) is 0.408. The Morgan fingerprint density at radius 2 is 2.00 bits per heavy atom. The highest BCUT2D eigenvalue weighted by Gasteiger charge is 2.42. The van der Waals surface area contributed by atoms with E-state index in [1.165, 1.54) is 7.11 Å². The van der Waals surface area contributed by atoms with Crippen LogP contribution >= 0.6 is 39.9 Å². The van der Waals surface area contributed by atoms with E-state index < -0.39 is 11.9 Å². The van der Waals surface area contributed by atoms with Crippen molar-refractivity contribution in [1.29, 1.82) is 0 Å². The van der Waals surface area contributed by atoms with Crippen LogP contribution in [0.1, 0.15) is 12.5 Å². The van der Waals surface area contributed by atoms with E-state index in [-0.39, 0.29) is 21.7 Å². The van der Waals surface area contributed by atoms with Gasteiger partial charge in [0.1, 0.15) is 10.9 Å². The maximum absolute atomic E-state index is 12.9. The number of benzene rings is 1. The molecule has 1 aromatic carbocycles. The third kappa shape index (κ3) is 3.00. The number of hydrogen-bond donors (Lipinski definition) is 0. The van der Waals surface area contributed by atoms with Crippen LogP contribution in [0.15, 0.2) is 27.6 Å². The highest BCUT2D eigenvalue weighted by molar-refractivity contribution is 9.10. The number of thioether (sulfide) groups is 1. The maximum Gasteiger partial charge on any atom is 0.325 e. The zero-order chi connectivity index (χ0) is 18.3. The molecule has 0 spiro atoms. The van der Waals surface area contributed by atoms with E-state index in [9.17, 15) is 14.4 Å². The molecule has 0 aliphatic carbocycles. The summed E-state index contributed by atoms with van der Waals surface area (Å²) in [6, 6.07) is 5.49. The monoisotopic (exact) mass is 440 g/mol. The van der Waals surface area contributed by atoms with Crippen LogP contribution in [0.3, 0.4) is 0 Å². The molecular formula is C16H13BrN2O4S2. The molecule has 1 aromatic rings. The number of rotatable bonds is 3. The minimum Gasteiger partial charge on any atom is -0.468 e. The molecule has 0 atom stereocenters. The molecule has 0 unspecified atom stereocenters. The van der Waals surface area contributed by atoms with Gasteiger partial charge in [-0.1, -0.05) is 39.9 Å². The molecular weight excluding hydrogens is 428 g/mol. The number of carbonyl (C=O) groups excluding carboxylic acids is 3. The van der Waals surface area contributed by atoms with Gasteiger partial charge in [0, 0.05) is 16.6 Å². The third-order valence-electron chi connectivity index (χ3n) is 3.89. The van der Waals surface area contributed by atoms with E-state index in [1.54, 1.807) is 4.90 Å². The second-order valence-corrected chi connectivity index (χ2v) is 7.81. The first-order valence-electron chi connectivity index (χ1n) is 7.35. The number of fused-ring (bicyclic) bond motifs is 1. The minimum atomic E-state index is -0.571. The molecule has 1 fully saturated rings. The first-order chi connectivity index (χ1) is 11.9. The lowest BCUT2D eigenvalue weighted by molar-refractivity contribution is -0.143. The van der Waals surface area contributed by atoms with E-state index >= 15 is 0 Å². The number of nitrogens with zero attached hydrogens (tertiary/aromatic N) is 2. The molecule has 0 radical (unpaired) electrons. The summed E-state index contributed by atoms with van der Waals surface area (Å²) in [6.07, 6.45) is 0. The summed E-state index contributed by atoms with van der Waals surface area (Å²) in [5, 5.41) is 0. The zero-order valence-corrected chi connectivity index (χ0v) is 16.6. The van der Waals surface area contributed by atoms with Crippen LogP contribution in [0.4, 0.5) is 5.69 Å². The largest absolute Gasteiger partial charge is 0.468 e. The number of anilines is 1. The Bertz CT molecular complexity index is 853. The Morgan fingerprint density at radius 3 is 2.64 bits per heavy atom. The number of thiocarbonyl (C=S) groups is 1. The van der Waals surface area contributed by atoms with Gasteiger partial charge in [-0.05, 0) is 25.1 Å². The fourth-order valence-corrected chi connectivity index (χ4v) is 4.40. The van der Waals surface area contributed by atoms with Crippen LogP contribution in [-0.2, 0) is 19.1 Å². The SMILES string of the molecule is CCN1C(=O)/C(=C2\SC(=S)N(CC(=O)OC)C2=O)c2cc(Br)ccc21. The second kappa shape index (κ2) is 6.89. The van der Waals surface area contributed by atoms with Gasteiger partial charge in [-0.15, -0.1) is 0 Å². The normalized spacial score (nSPS) is 19.7. The third-order valence-corrected chi connectivity index (χ3v) is 5.83. The van der Waals surface area contributed by atoms with E-state index in [0.29, 0.717) is 17.7 Å². The van der Waals surface area contributed by atoms with Crippen LogP contribution in [0.2, 0.25) is 0 Å². The maximum atomic E-state index is 12.9. The van der Waals surface area contributed by atoms with Crippen molar-refractivity contribution in [3.8, 4) is 0 Å². The van der Waals surface area contributed by atoms with E-state index in [4.69, 9.17) is 12.2 Å². The first-order valence-corrected chi connectivity index (χ1v) is 9.37. The zero-order valence-electron chi connectivity index (χ0n) is 13.4. The number of ether oxygens (including phenoxy) is 1. The summed E-state index contributed by atoms with van der Waals surface area (Å²) in [7, 11) is 1.24. The predicted molar refractivity (Wildman–Crippen MR) is 103 cm³/mol. The van der Waals surface area contributed by atoms with Gasteiger partial charge in [-0.3, -0.25) is 19.3 Å². The molecule has 3 rings (SSSR count). The number of hydrogen-bond acceptors (Lipinski definition) is 6. The fraction of sp³-hybridized carbons (Fsp3) is 0.250. The van der Waals surface area contributed by atoms with Gasteiger partial charge < -0.3 is 9.64 Å². The molecule has 130 valence electrons. The van der Waals surface area contributed by atoms with Gasteiger partial charge in [0.2, 0.25) is 0 Å². The van der Waals surface area contributed by atoms with E-state index in [1.807, 2.05) is 25.1 Å². The van der Waals surface area contributed by atoms with Crippen molar-refractivity contribution >= 4 is 73.3 Å². The van der Waals surface area contributed by atoms with Crippen molar-refractivity contribution in [2.45, 2.75) is 6.92 Å². The standard InChI is InChI=1S/C16H13BrN2O4S2/c1-3-18-10-5-4-8(17)6-9(10)12(14(18)21)13-15(22)19(16(24)25-13)7-11(20)23-2/h4-6H,3,7H2,1-2H3/b13-12-. The second-order valence-electron chi connectivity index (χ2n) is 5.25. The summed E-state index contributed by atoms with van der Waals surface area (Å²) in [6.45, 7) is 2.09. The molecule has 6 nitrogen and oxygen atoms in total. The number of halogens is 1. The molecule has 2 amide bonds. The molecule has 9 heteroatoms. The average molecular weight is 441 g/mol. The lowest BCUT2D eigenvalue weighted by Gasteiger charge is -2.13. The highest BCUT2D eigenvalue weighted by atomic mass is 79.9. The predicted octanol–water partition coefficient (Wildman–Crippen LogP) is 2.56. The fourth-order valence-electron chi connectivity index (χ4n) is 2.72. The molecule has 2 heterocycles. The summed E-state index contributed by atoms with van der Waals surface area (Å²) < 4.78 is 5.64. The summed E-state index contributed by atoms with van der Waals surface area (Å²) >= 11 is 9.65. The number of methoxy groups -OCH3 is 1. The van der Waals surface area contributed by atoms with Crippen molar-refractivity contribution in [1.82, 2.24) is 4.90 Å². The van der Waals surface area contributed by atoms with E-state index in [0.717, 1.165) is 26.8 Å². The van der Waals surface area contributed by atoms with Gasteiger partial charge in [0.05, 0.1) is 23.3 Å². The molecule has 1 saturated heterocycles. The Hall–Kier alpha value is -1.71. The summed E-state index contributed by atoms with van der Waals surface area (Å²) in [4.78, 5) is 40.2. The van der Waals surface area contributed by atoms with Crippen molar-refractivity contribution in [2.24, 2.45) is 0 Å². The molecule has 0 bridgehead atoms. The number of likely N-dealkylation sites (N-methyl/N-ethyl adjacent to an activating group) is 1. The van der Waals surface area contributed by atoms with Gasteiger partial charge >= 0.3 is 5.97 Å². The minimum absolute atomic E-state index is 0.234. The lowest BCUT2D eigenvalue weighted by atomic mass is 10.1. The summed E-state index contributed by atoms with van der Waals surface area (Å²) in [5.41, 5.74) is 1.76. The van der Waals surface area contributed by atoms with Gasteiger partial charge in [-0.25, -0.2) is 0 Å². The van der Waals surface area contributed by atoms with Crippen molar-refractivity contribution in [2.75, 3.05) is 25.1 Å². The van der Waals surface area contributed by atoms with Crippen LogP contribution in [0.5, 0.6) is 0 Å². The Kier molecular flexibility index (Phi) is 4.99. The van der Waals surface area contributed by atoms with E-state index in [2.05, 4.69) is 20.7 Å². The Labute approximate surface area is 162 Å². The Balaban J connectivity index is 2.10. The van der Waals surface area contributed by atoms with Gasteiger partial charge in [0.15, 0.2) is 0 Å². The van der Waals surface area contributed by atoms with Crippen molar-refractivity contribution < 1.29 is 19.1 Å². The van der Waals surface area contributed by atoms with Crippen LogP contribution in [-0.4, -0.2) is 47.2 Å². The molecule has 2 aliphatic rings. The molecule has 0 aromatic heterocycles. The highest BCUT2D eigenvalue weighted by Crippen LogP contribution is 2.45. The number of amides is 2. The molecule has 2 aliphatic heterocycles. The first kappa shape index (κ1) is 18.1. The smallest absolute Gasteiger partial charge is 0.325 e. The molecule has 0 saturated carbocycles. The van der Waals surface area contributed by atoms with Gasteiger partial charge in [-0.2, -0.15) is 0 Å². The topological polar surface area (TPSA) is 66.9 Å². The van der Waals surface area contributed by atoms with Crippen molar-refractivity contribution in [3.63, 3.8) is 0 Å². The summed E-state index contributed by atoms with van der Waals surface area (Å²) in [5.74, 6) is -1.26. The average Bonchev–Trinajstić information content (AvgIpc) is 3.01. The molecule has 0 N–H and O–H groups in total. The lowest BCUT2D eigenvalue weighted by Crippen LogP contribution is -2.34. The van der Waals surface area contributed by atoms with Crippen LogP contribution < -0.4 is 4.90 Å². The van der Waals surface area contributed by atoms with Crippen molar-refractivity contribution in [3.05, 3.63) is 33.1 Å². The molecule has 25 heavy (non-hydrogen) atoms. The van der Waals surface area contributed by atoms with Crippen LogP contribution in [0.25, 0.3) is 5.57 Å². The number of carbonyl (C=O) groups is 3. The van der Waals surface area contributed by atoms with Crippen LogP contribution in [0, 0.1) is 0 Å². The van der Waals surface area contributed by atoms with Gasteiger partial charge in [0.25, 0.3) is 11.8 Å². The number of esters is 1. The Morgan fingerprint density at radius 1 is 1.28 bits per heavy atom.